The number of methoxy groups -OCH3 is 1. The number of unbranched alkanes of at least 4 members (excludes halogenated alkanes) is 5. The Kier molecular flexibility index (Phi) is 22.6. The maximum absolute atomic E-state index is 5.74. The first-order valence-electron chi connectivity index (χ1n) is 13.0. The molecule has 1 aromatic rings. The molecule has 7 heteroatoms. The molecular weight excluding hydrogens is 436 g/mol. The fourth-order valence-corrected chi connectivity index (χ4v) is 3.20. The summed E-state index contributed by atoms with van der Waals surface area (Å²) in [6.45, 7) is 8.98. The molecule has 0 aliphatic carbocycles. The first-order valence-corrected chi connectivity index (χ1v) is 13.0. The summed E-state index contributed by atoms with van der Waals surface area (Å²) in [7, 11) is 1.65. The largest absolute Gasteiger partial charge is 0.491 e. The monoisotopic (exact) mass is 484 g/mol. The fourth-order valence-electron chi connectivity index (χ4n) is 3.20. The highest BCUT2D eigenvalue weighted by Crippen LogP contribution is 2.15. The van der Waals surface area contributed by atoms with E-state index in [9.17, 15) is 0 Å². The van der Waals surface area contributed by atoms with Crippen LogP contribution in [0, 0.1) is 0 Å². The molecule has 0 saturated heterocycles. The SMILES string of the molecule is CCCCCCCCc1ccc(OCCOCCOCCOCCOCCOCCOC)cc1. The lowest BCUT2D eigenvalue weighted by Crippen LogP contribution is -2.14. The minimum absolute atomic E-state index is 0.539. The number of benzene rings is 1. The van der Waals surface area contributed by atoms with Gasteiger partial charge in [0.15, 0.2) is 0 Å². The molecule has 0 fully saturated rings. The summed E-state index contributed by atoms with van der Waals surface area (Å²) in [4.78, 5) is 0. The first-order chi connectivity index (χ1) is 16.9. The van der Waals surface area contributed by atoms with Gasteiger partial charge in [0.05, 0.1) is 72.7 Å². The molecule has 0 aliphatic rings. The molecular formula is C27H48O7. The second-order valence-corrected chi connectivity index (χ2v) is 8.06. The molecule has 0 spiro atoms. The molecule has 7 nitrogen and oxygen atoms in total. The molecule has 0 atom stereocenters. The van der Waals surface area contributed by atoms with Crippen molar-refractivity contribution >= 4 is 0 Å². The summed E-state index contributed by atoms with van der Waals surface area (Å²) in [5, 5.41) is 0. The van der Waals surface area contributed by atoms with Crippen molar-refractivity contribution in [2.24, 2.45) is 0 Å². The maximum Gasteiger partial charge on any atom is 0.119 e. The van der Waals surface area contributed by atoms with E-state index in [-0.39, 0.29) is 0 Å². The van der Waals surface area contributed by atoms with E-state index >= 15 is 0 Å². The molecule has 0 aromatic heterocycles. The predicted molar refractivity (Wildman–Crippen MR) is 135 cm³/mol. The van der Waals surface area contributed by atoms with Crippen LogP contribution in [0.2, 0.25) is 0 Å². The maximum atomic E-state index is 5.74. The highest BCUT2D eigenvalue weighted by molar-refractivity contribution is 5.27. The van der Waals surface area contributed by atoms with Crippen molar-refractivity contribution in [2.45, 2.75) is 51.9 Å². The van der Waals surface area contributed by atoms with Crippen LogP contribution >= 0.6 is 0 Å². The van der Waals surface area contributed by atoms with E-state index in [4.69, 9.17) is 33.2 Å². The van der Waals surface area contributed by atoms with Gasteiger partial charge >= 0.3 is 0 Å². The molecule has 0 unspecified atom stereocenters. The van der Waals surface area contributed by atoms with Crippen molar-refractivity contribution in [1.82, 2.24) is 0 Å². The third-order valence-electron chi connectivity index (χ3n) is 5.16. The summed E-state index contributed by atoms with van der Waals surface area (Å²) >= 11 is 0. The Morgan fingerprint density at radius 1 is 0.500 bits per heavy atom. The molecule has 0 amide bonds. The fraction of sp³-hybridized carbons (Fsp3) is 0.778. The number of hydrogen-bond acceptors (Lipinski definition) is 7. The van der Waals surface area contributed by atoms with Crippen molar-refractivity contribution in [1.29, 1.82) is 0 Å². The minimum Gasteiger partial charge on any atom is -0.491 e. The molecule has 1 aromatic carbocycles. The van der Waals surface area contributed by atoms with Crippen LogP contribution in [0.5, 0.6) is 5.75 Å². The van der Waals surface area contributed by atoms with E-state index in [2.05, 4.69) is 31.2 Å². The lowest BCUT2D eigenvalue weighted by Gasteiger charge is -2.09. The zero-order chi connectivity index (χ0) is 24.4. The van der Waals surface area contributed by atoms with Gasteiger partial charge < -0.3 is 33.2 Å². The number of rotatable bonds is 26. The number of hydrogen-bond donors (Lipinski definition) is 0. The summed E-state index contributed by atoms with van der Waals surface area (Å²) in [6, 6.07) is 8.45. The van der Waals surface area contributed by atoms with E-state index in [1.54, 1.807) is 7.11 Å². The van der Waals surface area contributed by atoms with Crippen LogP contribution in [0.4, 0.5) is 0 Å². The molecule has 34 heavy (non-hydrogen) atoms. The van der Waals surface area contributed by atoms with Gasteiger partial charge in [0, 0.05) is 7.11 Å². The van der Waals surface area contributed by atoms with Crippen molar-refractivity contribution in [3.05, 3.63) is 29.8 Å². The Hall–Kier alpha value is -1.22. The third-order valence-corrected chi connectivity index (χ3v) is 5.16. The summed E-state index contributed by atoms with van der Waals surface area (Å²) in [5.74, 6) is 0.895. The van der Waals surface area contributed by atoms with Gasteiger partial charge in [0.25, 0.3) is 0 Å². The summed E-state index contributed by atoms with van der Waals surface area (Å²) in [5.41, 5.74) is 1.39. The Morgan fingerprint density at radius 2 is 0.941 bits per heavy atom. The molecule has 0 saturated carbocycles. The lowest BCUT2D eigenvalue weighted by molar-refractivity contribution is -0.0159. The number of aryl methyl sites for hydroxylation is 1. The van der Waals surface area contributed by atoms with E-state index < -0.39 is 0 Å². The van der Waals surface area contributed by atoms with Gasteiger partial charge in [-0.05, 0) is 30.5 Å². The highest BCUT2D eigenvalue weighted by atomic mass is 16.6. The Morgan fingerprint density at radius 3 is 1.44 bits per heavy atom. The molecule has 0 N–H and O–H groups in total. The zero-order valence-electron chi connectivity index (χ0n) is 21.6. The minimum atomic E-state index is 0.539. The zero-order valence-corrected chi connectivity index (χ0v) is 21.6. The topological polar surface area (TPSA) is 64.6 Å². The van der Waals surface area contributed by atoms with Crippen LogP contribution in [-0.4, -0.2) is 86.4 Å². The quantitative estimate of drug-likeness (QED) is 0.177. The van der Waals surface area contributed by atoms with Crippen LogP contribution in [-0.2, 0) is 34.8 Å². The summed E-state index contributed by atoms with van der Waals surface area (Å²) in [6.07, 6.45) is 9.15. The van der Waals surface area contributed by atoms with Gasteiger partial charge in [-0.2, -0.15) is 0 Å². The Labute approximate surface area is 207 Å². The van der Waals surface area contributed by atoms with E-state index in [1.807, 2.05) is 0 Å². The van der Waals surface area contributed by atoms with Gasteiger partial charge in [-0.3, -0.25) is 0 Å². The molecule has 198 valence electrons. The van der Waals surface area contributed by atoms with Crippen molar-refractivity contribution in [3.63, 3.8) is 0 Å². The molecule has 0 heterocycles. The second-order valence-electron chi connectivity index (χ2n) is 8.06. The van der Waals surface area contributed by atoms with Crippen molar-refractivity contribution in [2.75, 3.05) is 86.4 Å². The standard InChI is InChI=1S/C27H48O7/c1-3-4-5-6-7-8-9-26-10-12-27(13-11-26)34-25-24-33-23-22-32-21-20-31-19-18-30-17-16-29-15-14-28-2/h10-13H,3-9,14-25H2,1-2H3. The molecule has 0 bridgehead atoms. The Bertz CT molecular complexity index is 524. The molecule has 0 aliphatic heterocycles. The van der Waals surface area contributed by atoms with Crippen LogP contribution in [0.1, 0.15) is 51.0 Å². The van der Waals surface area contributed by atoms with Gasteiger partial charge in [0.1, 0.15) is 12.4 Å². The van der Waals surface area contributed by atoms with Gasteiger partial charge in [-0.15, -0.1) is 0 Å². The average molecular weight is 485 g/mol. The van der Waals surface area contributed by atoms with E-state index in [1.165, 1.54) is 44.1 Å². The smallest absolute Gasteiger partial charge is 0.119 e. The normalized spacial score (nSPS) is 11.2. The first kappa shape index (κ1) is 30.8. The van der Waals surface area contributed by atoms with Crippen LogP contribution in [0.3, 0.4) is 0 Å². The molecule has 0 radical (unpaired) electrons. The van der Waals surface area contributed by atoms with Crippen molar-refractivity contribution < 1.29 is 33.2 Å². The Balaban J connectivity index is 1.81. The predicted octanol–water partition coefficient (Wildman–Crippen LogP) is 4.70. The average Bonchev–Trinajstić information content (AvgIpc) is 2.86. The lowest BCUT2D eigenvalue weighted by atomic mass is 10.0. The van der Waals surface area contributed by atoms with Crippen LogP contribution < -0.4 is 4.74 Å². The van der Waals surface area contributed by atoms with Gasteiger partial charge in [-0.1, -0.05) is 51.2 Å². The van der Waals surface area contributed by atoms with Crippen LogP contribution in [0.15, 0.2) is 24.3 Å². The highest BCUT2D eigenvalue weighted by Gasteiger charge is 1.98. The van der Waals surface area contributed by atoms with Crippen LogP contribution in [0.25, 0.3) is 0 Å². The third kappa shape index (κ3) is 20.2. The van der Waals surface area contributed by atoms with E-state index in [0.29, 0.717) is 79.3 Å². The van der Waals surface area contributed by atoms with E-state index in [0.717, 1.165) is 12.2 Å². The van der Waals surface area contributed by atoms with Gasteiger partial charge in [-0.25, -0.2) is 0 Å². The second kappa shape index (κ2) is 24.9. The summed E-state index contributed by atoms with van der Waals surface area (Å²) < 4.78 is 37.8. The molecule has 1 rings (SSSR count). The van der Waals surface area contributed by atoms with Crippen molar-refractivity contribution in [3.8, 4) is 5.75 Å². The number of ether oxygens (including phenoxy) is 7. The van der Waals surface area contributed by atoms with Gasteiger partial charge in [0.2, 0.25) is 0 Å².